The fraction of sp³-hybridized carbons (Fsp3) is 0.688. The van der Waals surface area contributed by atoms with Crippen LogP contribution in [0.5, 0.6) is 0 Å². The number of hydrogen-bond donors (Lipinski definition) is 1. The molecule has 1 aromatic heterocycles. The van der Waals surface area contributed by atoms with Crippen molar-refractivity contribution in [1.82, 2.24) is 10.3 Å². The number of nitrogens with one attached hydrogen (secondary N) is 1. The van der Waals surface area contributed by atoms with Gasteiger partial charge in [0.15, 0.2) is 0 Å². The van der Waals surface area contributed by atoms with Crippen molar-refractivity contribution >= 4 is 5.82 Å². The van der Waals surface area contributed by atoms with Gasteiger partial charge in [-0.3, -0.25) is 0 Å². The molecule has 0 saturated carbocycles. The molecule has 0 spiro atoms. The first-order valence-corrected chi connectivity index (χ1v) is 7.39. The second kappa shape index (κ2) is 7.49. The van der Waals surface area contributed by atoms with E-state index in [1.54, 1.807) is 0 Å². The van der Waals surface area contributed by atoms with E-state index in [-0.39, 0.29) is 0 Å². The molecule has 0 saturated heterocycles. The second-order valence-electron chi connectivity index (χ2n) is 5.72. The van der Waals surface area contributed by atoms with E-state index < -0.39 is 0 Å². The molecule has 1 rings (SSSR count). The number of aromatic nitrogens is 1. The Hall–Kier alpha value is -1.09. The topological polar surface area (TPSA) is 28.2 Å². The average Bonchev–Trinajstić information content (AvgIpc) is 2.43. The van der Waals surface area contributed by atoms with Crippen LogP contribution in [0.3, 0.4) is 0 Å². The third-order valence-corrected chi connectivity index (χ3v) is 3.91. The van der Waals surface area contributed by atoms with Gasteiger partial charge >= 0.3 is 0 Å². The Morgan fingerprint density at radius 3 is 2.53 bits per heavy atom. The fourth-order valence-electron chi connectivity index (χ4n) is 2.03. The largest absolute Gasteiger partial charge is 0.357 e. The maximum Gasteiger partial charge on any atom is 0.128 e. The van der Waals surface area contributed by atoms with Crippen LogP contribution in [0.4, 0.5) is 5.82 Å². The summed E-state index contributed by atoms with van der Waals surface area (Å²) in [5.41, 5.74) is 1.31. The predicted octanol–water partition coefficient (Wildman–Crippen LogP) is 3.62. The molecule has 2 atom stereocenters. The molecule has 1 N–H and O–H groups in total. The van der Waals surface area contributed by atoms with Gasteiger partial charge in [-0.1, -0.05) is 20.8 Å². The van der Waals surface area contributed by atoms with Crippen LogP contribution >= 0.6 is 0 Å². The van der Waals surface area contributed by atoms with Crippen molar-refractivity contribution in [3.05, 3.63) is 23.9 Å². The van der Waals surface area contributed by atoms with Gasteiger partial charge in [-0.05, 0) is 50.4 Å². The Morgan fingerprint density at radius 2 is 1.95 bits per heavy atom. The summed E-state index contributed by atoms with van der Waals surface area (Å²) in [6.45, 7) is 12.2. The molecule has 1 heterocycles. The zero-order valence-electron chi connectivity index (χ0n) is 13.3. The van der Waals surface area contributed by atoms with Gasteiger partial charge in [-0.2, -0.15) is 0 Å². The Labute approximate surface area is 118 Å². The van der Waals surface area contributed by atoms with Crippen molar-refractivity contribution in [2.75, 3.05) is 18.5 Å². The van der Waals surface area contributed by atoms with E-state index in [0.29, 0.717) is 18.0 Å². The SMILES string of the molecule is CCCNC(C)c1ccnc(N(C)C(C)C(C)C)c1. The maximum absolute atomic E-state index is 4.50. The Bertz CT molecular complexity index is 376. The zero-order chi connectivity index (χ0) is 14.4. The van der Waals surface area contributed by atoms with E-state index in [0.717, 1.165) is 18.8 Å². The van der Waals surface area contributed by atoms with E-state index in [1.807, 2.05) is 6.20 Å². The lowest BCUT2D eigenvalue weighted by molar-refractivity contribution is 0.502. The molecular formula is C16H29N3. The Morgan fingerprint density at radius 1 is 1.26 bits per heavy atom. The van der Waals surface area contributed by atoms with Crippen LogP contribution in [0.2, 0.25) is 0 Å². The number of anilines is 1. The Balaban J connectivity index is 2.81. The molecule has 108 valence electrons. The molecule has 3 heteroatoms. The molecule has 0 aromatic carbocycles. The quantitative estimate of drug-likeness (QED) is 0.814. The van der Waals surface area contributed by atoms with Crippen LogP contribution in [0.1, 0.15) is 52.6 Å². The minimum atomic E-state index is 0.379. The van der Waals surface area contributed by atoms with Gasteiger partial charge in [-0.15, -0.1) is 0 Å². The first-order chi connectivity index (χ1) is 8.97. The first-order valence-electron chi connectivity index (χ1n) is 7.39. The summed E-state index contributed by atoms with van der Waals surface area (Å²) >= 11 is 0. The van der Waals surface area contributed by atoms with E-state index in [1.165, 1.54) is 5.56 Å². The number of nitrogens with zero attached hydrogens (tertiary/aromatic N) is 2. The van der Waals surface area contributed by atoms with E-state index in [9.17, 15) is 0 Å². The molecule has 3 nitrogen and oxygen atoms in total. The fourth-order valence-corrected chi connectivity index (χ4v) is 2.03. The second-order valence-corrected chi connectivity index (χ2v) is 5.72. The van der Waals surface area contributed by atoms with Gasteiger partial charge in [0.05, 0.1) is 0 Å². The normalized spacial score (nSPS) is 14.5. The molecule has 2 unspecified atom stereocenters. The summed E-state index contributed by atoms with van der Waals surface area (Å²) < 4.78 is 0. The minimum Gasteiger partial charge on any atom is -0.357 e. The average molecular weight is 263 g/mol. The predicted molar refractivity (Wildman–Crippen MR) is 83.6 cm³/mol. The highest BCUT2D eigenvalue weighted by atomic mass is 15.2. The lowest BCUT2D eigenvalue weighted by Gasteiger charge is -2.29. The van der Waals surface area contributed by atoms with Gasteiger partial charge in [-0.25, -0.2) is 4.98 Å². The zero-order valence-corrected chi connectivity index (χ0v) is 13.3. The van der Waals surface area contributed by atoms with Crippen molar-refractivity contribution in [3.8, 4) is 0 Å². The van der Waals surface area contributed by atoms with Crippen molar-refractivity contribution in [1.29, 1.82) is 0 Å². The summed E-state index contributed by atoms with van der Waals surface area (Å²) in [5.74, 6) is 1.68. The molecule has 0 aliphatic carbocycles. The van der Waals surface area contributed by atoms with Crippen LogP contribution in [0, 0.1) is 5.92 Å². The number of pyridine rings is 1. The summed E-state index contributed by atoms with van der Waals surface area (Å²) in [4.78, 5) is 6.77. The van der Waals surface area contributed by atoms with Crippen molar-refractivity contribution in [2.45, 2.75) is 53.1 Å². The lowest BCUT2D eigenvalue weighted by Crippen LogP contribution is -2.33. The summed E-state index contributed by atoms with van der Waals surface area (Å²) in [6, 6.07) is 5.17. The van der Waals surface area contributed by atoms with Crippen molar-refractivity contribution < 1.29 is 0 Å². The monoisotopic (exact) mass is 263 g/mol. The summed E-state index contributed by atoms with van der Waals surface area (Å²) in [7, 11) is 2.13. The van der Waals surface area contributed by atoms with Gasteiger partial charge < -0.3 is 10.2 Å². The summed E-state index contributed by atoms with van der Waals surface area (Å²) in [6.07, 6.45) is 3.07. The third-order valence-electron chi connectivity index (χ3n) is 3.91. The third kappa shape index (κ3) is 4.50. The molecule has 0 radical (unpaired) electrons. The van der Waals surface area contributed by atoms with Gasteiger partial charge in [0, 0.05) is 25.3 Å². The number of rotatable bonds is 7. The molecule has 0 amide bonds. The molecule has 0 aliphatic heterocycles. The maximum atomic E-state index is 4.50. The van der Waals surface area contributed by atoms with E-state index in [4.69, 9.17) is 0 Å². The standard InChI is InChI=1S/C16H29N3/c1-7-9-17-13(4)15-8-10-18-16(11-15)19(6)14(5)12(2)3/h8,10-14,17H,7,9H2,1-6H3. The van der Waals surface area contributed by atoms with Crippen LogP contribution in [0.25, 0.3) is 0 Å². The lowest BCUT2D eigenvalue weighted by atomic mass is 10.0. The van der Waals surface area contributed by atoms with E-state index >= 15 is 0 Å². The van der Waals surface area contributed by atoms with Crippen LogP contribution in [-0.2, 0) is 0 Å². The van der Waals surface area contributed by atoms with Gasteiger partial charge in [0.2, 0.25) is 0 Å². The first kappa shape index (κ1) is 16.0. The van der Waals surface area contributed by atoms with Crippen LogP contribution in [-0.4, -0.2) is 24.6 Å². The summed E-state index contributed by atoms with van der Waals surface area (Å²) in [5, 5.41) is 3.52. The number of hydrogen-bond acceptors (Lipinski definition) is 3. The van der Waals surface area contributed by atoms with Gasteiger partial charge in [0.25, 0.3) is 0 Å². The molecule has 0 aliphatic rings. The van der Waals surface area contributed by atoms with Crippen molar-refractivity contribution in [2.24, 2.45) is 5.92 Å². The van der Waals surface area contributed by atoms with Crippen LogP contribution < -0.4 is 10.2 Å². The molecule has 1 aromatic rings. The highest BCUT2D eigenvalue weighted by molar-refractivity contribution is 5.42. The Kier molecular flexibility index (Phi) is 6.29. The smallest absolute Gasteiger partial charge is 0.128 e. The highest BCUT2D eigenvalue weighted by Gasteiger charge is 2.15. The molecule has 0 fully saturated rings. The van der Waals surface area contributed by atoms with Gasteiger partial charge in [0.1, 0.15) is 5.82 Å². The molecular weight excluding hydrogens is 234 g/mol. The van der Waals surface area contributed by atoms with E-state index in [2.05, 4.69) is 69.0 Å². The molecule has 19 heavy (non-hydrogen) atoms. The van der Waals surface area contributed by atoms with Crippen molar-refractivity contribution in [3.63, 3.8) is 0 Å². The van der Waals surface area contributed by atoms with Crippen LogP contribution in [0.15, 0.2) is 18.3 Å². The highest BCUT2D eigenvalue weighted by Crippen LogP contribution is 2.20. The minimum absolute atomic E-state index is 0.379. The molecule has 0 bridgehead atoms.